The number of aliphatic hydroxyl groups is 1. The van der Waals surface area contributed by atoms with Gasteiger partial charge in [-0.3, -0.25) is 19.2 Å². The van der Waals surface area contributed by atoms with Crippen molar-refractivity contribution in [1.82, 2.24) is 21.3 Å². The second-order valence-electron chi connectivity index (χ2n) is 8.88. The second kappa shape index (κ2) is 14.8. The third-order valence-electron chi connectivity index (χ3n) is 5.40. The quantitative estimate of drug-likeness (QED) is 0.165. The van der Waals surface area contributed by atoms with E-state index >= 15 is 0 Å². The standard InChI is InChI=1S/C24H36N4O8/c1-13(2)19(24(35)36)27-21(32)14(3)26-23(34)20(15(4)29)28-22(33)17(10-11-18(30)31)25-12-16-8-6-5-7-9-16/h5-9,13-15,17,19-20,25,29H,10-12H2,1-4H3,(H,26,34)(H,27,32)(H,28,33)(H,30,31)(H,35,36)/t14-,15?,17-,19-,20-/m0/s1. The van der Waals surface area contributed by atoms with Crippen molar-refractivity contribution in [2.75, 3.05) is 0 Å². The summed E-state index contributed by atoms with van der Waals surface area (Å²) in [6, 6.07) is 4.37. The number of aliphatic carboxylic acids is 2. The lowest BCUT2D eigenvalue weighted by molar-refractivity contribution is -0.143. The summed E-state index contributed by atoms with van der Waals surface area (Å²) in [6.07, 6.45) is -1.71. The first-order chi connectivity index (χ1) is 16.8. The average molecular weight is 509 g/mol. The van der Waals surface area contributed by atoms with Crippen molar-refractivity contribution in [2.24, 2.45) is 5.92 Å². The minimum atomic E-state index is -1.45. The van der Waals surface area contributed by atoms with Crippen LogP contribution in [-0.2, 0) is 30.5 Å². The molecule has 0 aliphatic heterocycles. The lowest BCUT2D eigenvalue weighted by atomic mass is 10.0. The van der Waals surface area contributed by atoms with Crippen molar-refractivity contribution in [3.05, 3.63) is 35.9 Å². The number of nitrogens with one attached hydrogen (secondary N) is 4. The van der Waals surface area contributed by atoms with E-state index in [1.165, 1.54) is 13.8 Å². The van der Waals surface area contributed by atoms with Crippen molar-refractivity contribution in [3.8, 4) is 0 Å². The number of aliphatic hydroxyl groups excluding tert-OH is 1. The van der Waals surface area contributed by atoms with Crippen molar-refractivity contribution < 1.29 is 39.3 Å². The number of carboxylic acids is 2. The van der Waals surface area contributed by atoms with Gasteiger partial charge in [0.05, 0.1) is 12.1 Å². The summed E-state index contributed by atoms with van der Waals surface area (Å²) in [5.41, 5.74) is 0.858. The van der Waals surface area contributed by atoms with Crippen LogP contribution < -0.4 is 21.3 Å². The molecule has 0 aliphatic rings. The van der Waals surface area contributed by atoms with E-state index in [0.29, 0.717) is 0 Å². The number of amides is 3. The normalized spacial score (nSPS) is 15.2. The molecule has 0 aliphatic carbocycles. The van der Waals surface area contributed by atoms with Crippen LogP contribution >= 0.6 is 0 Å². The molecular weight excluding hydrogens is 472 g/mol. The number of carboxylic acid groups (broad SMARTS) is 2. The van der Waals surface area contributed by atoms with Crippen LogP contribution in [0.1, 0.15) is 46.1 Å². The van der Waals surface area contributed by atoms with Crippen LogP contribution in [0.25, 0.3) is 0 Å². The molecule has 7 N–H and O–H groups in total. The Bertz CT molecular complexity index is 907. The molecule has 1 unspecified atom stereocenters. The highest BCUT2D eigenvalue weighted by molar-refractivity contribution is 5.94. The molecule has 12 nitrogen and oxygen atoms in total. The molecule has 36 heavy (non-hydrogen) atoms. The number of rotatable bonds is 15. The van der Waals surface area contributed by atoms with Crippen LogP contribution in [0.15, 0.2) is 30.3 Å². The SMILES string of the molecule is CC(C)[C@H](NC(=O)[C@H](C)NC(=O)[C@@H](NC(=O)[C@H](CCC(=O)O)NCc1ccccc1)C(C)O)C(=O)O. The van der Waals surface area contributed by atoms with Gasteiger partial charge in [-0.25, -0.2) is 4.79 Å². The summed E-state index contributed by atoms with van der Waals surface area (Å²) in [6.45, 7) is 6.12. The molecule has 1 aromatic rings. The lowest BCUT2D eigenvalue weighted by Crippen LogP contribution is -2.59. The van der Waals surface area contributed by atoms with Gasteiger partial charge >= 0.3 is 11.9 Å². The van der Waals surface area contributed by atoms with E-state index in [-0.39, 0.29) is 19.4 Å². The maximum Gasteiger partial charge on any atom is 0.326 e. The van der Waals surface area contributed by atoms with E-state index in [9.17, 15) is 34.2 Å². The van der Waals surface area contributed by atoms with Crippen LogP contribution in [0.5, 0.6) is 0 Å². The number of hydrogen-bond acceptors (Lipinski definition) is 7. The van der Waals surface area contributed by atoms with Crippen molar-refractivity contribution in [1.29, 1.82) is 0 Å². The Labute approximate surface area is 209 Å². The Hall–Kier alpha value is -3.51. The Morgan fingerprint density at radius 3 is 1.89 bits per heavy atom. The van der Waals surface area contributed by atoms with E-state index < -0.39 is 65.8 Å². The van der Waals surface area contributed by atoms with Gasteiger partial charge in [0.2, 0.25) is 17.7 Å². The van der Waals surface area contributed by atoms with Gasteiger partial charge in [0.15, 0.2) is 0 Å². The van der Waals surface area contributed by atoms with Gasteiger partial charge in [-0.1, -0.05) is 44.2 Å². The largest absolute Gasteiger partial charge is 0.481 e. The topological polar surface area (TPSA) is 194 Å². The predicted molar refractivity (Wildman–Crippen MR) is 130 cm³/mol. The van der Waals surface area contributed by atoms with Gasteiger partial charge in [-0.2, -0.15) is 0 Å². The van der Waals surface area contributed by atoms with Gasteiger partial charge in [-0.15, -0.1) is 0 Å². The van der Waals surface area contributed by atoms with Crippen LogP contribution in [0.2, 0.25) is 0 Å². The minimum Gasteiger partial charge on any atom is -0.481 e. The third-order valence-corrected chi connectivity index (χ3v) is 5.40. The molecule has 3 amide bonds. The summed E-state index contributed by atoms with van der Waals surface area (Å²) in [5.74, 6) is -5.02. The van der Waals surface area contributed by atoms with E-state index in [1.807, 2.05) is 30.3 Å². The fourth-order valence-corrected chi connectivity index (χ4v) is 3.25. The van der Waals surface area contributed by atoms with Crippen molar-refractivity contribution in [3.63, 3.8) is 0 Å². The zero-order chi connectivity index (χ0) is 27.4. The second-order valence-corrected chi connectivity index (χ2v) is 8.88. The molecule has 200 valence electrons. The molecule has 0 fully saturated rings. The van der Waals surface area contributed by atoms with Crippen LogP contribution in [0.3, 0.4) is 0 Å². The Balaban J connectivity index is 2.86. The smallest absolute Gasteiger partial charge is 0.326 e. The molecule has 0 spiro atoms. The average Bonchev–Trinajstić information content (AvgIpc) is 2.80. The van der Waals surface area contributed by atoms with Crippen molar-refractivity contribution in [2.45, 2.75) is 77.4 Å². The summed E-state index contributed by atoms with van der Waals surface area (Å²) in [7, 11) is 0. The summed E-state index contributed by atoms with van der Waals surface area (Å²) >= 11 is 0. The minimum absolute atomic E-state index is 0.0628. The van der Waals surface area contributed by atoms with E-state index in [0.717, 1.165) is 5.56 Å². The fraction of sp³-hybridized carbons (Fsp3) is 0.542. The van der Waals surface area contributed by atoms with Gasteiger partial charge < -0.3 is 36.6 Å². The number of carbonyl (C=O) groups excluding carboxylic acids is 3. The first kappa shape index (κ1) is 30.5. The van der Waals surface area contributed by atoms with Gasteiger partial charge in [-0.05, 0) is 31.7 Å². The molecule has 0 bridgehead atoms. The van der Waals surface area contributed by atoms with E-state index in [1.54, 1.807) is 13.8 Å². The molecule has 1 aromatic carbocycles. The fourth-order valence-electron chi connectivity index (χ4n) is 3.25. The number of hydrogen-bond donors (Lipinski definition) is 7. The molecular formula is C24H36N4O8. The monoisotopic (exact) mass is 508 g/mol. The highest BCUT2D eigenvalue weighted by Crippen LogP contribution is 2.06. The number of benzene rings is 1. The molecule has 0 saturated carbocycles. The van der Waals surface area contributed by atoms with Crippen LogP contribution in [0, 0.1) is 5.92 Å². The first-order valence-corrected chi connectivity index (χ1v) is 11.6. The highest BCUT2D eigenvalue weighted by Gasteiger charge is 2.32. The molecule has 0 aromatic heterocycles. The summed E-state index contributed by atoms with van der Waals surface area (Å²) < 4.78 is 0. The highest BCUT2D eigenvalue weighted by atomic mass is 16.4. The predicted octanol–water partition coefficient (Wildman–Crippen LogP) is -0.395. The van der Waals surface area contributed by atoms with Gasteiger partial charge in [0.1, 0.15) is 18.1 Å². The summed E-state index contributed by atoms with van der Waals surface area (Å²) in [4.78, 5) is 60.4. The van der Waals surface area contributed by atoms with Gasteiger partial charge in [0.25, 0.3) is 0 Å². The number of carbonyl (C=O) groups is 5. The van der Waals surface area contributed by atoms with Crippen LogP contribution in [0.4, 0.5) is 0 Å². The zero-order valence-electron chi connectivity index (χ0n) is 20.9. The molecule has 5 atom stereocenters. The lowest BCUT2D eigenvalue weighted by Gasteiger charge is -2.26. The third kappa shape index (κ3) is 10.4. The molecule has 1 rings (SSSR count). The molecule has 0 radical (unpaired) electrons. The van der Waals surface area contributed by atoms with Gasteiger partial charge in [0, 0.05) is 13.0 Å². The summed E-state index contributed by atoms with van der Waals surface area (Å²) in [5, 5.41) is 38.5. The van der Waals surface area contributed by atoms with E-state index in [4.69, 9.17) is 5.11 Å². The Kier molecular flexibility index (Phi) is 12.5. The van der Waals surface area contributed by atoms with Crippen molar-refractivity contribution >= 4 is 29.7 Å². The Morgan fingerprint density at radius 2 is 1.39 bits per heavy atom. The molecule has 12 heteroatoms. The zero-order valence-corrected chi connectivity index (χ0v) is 20.9. The molecule has 0 heterocycles. The van der Waals surface area contributed by atoms with E-state index in [2.05, 4.69) is 21.3 Å². The maximum atomic E-state index is 12.9. The Morgan fingerprint density at radius 1 is 0.806 bits per heavy atom. The first-order valence-electron chi connectivity index (χ1n) is 11.6. The maximum absolute atomic E-state index is 12.9. The molecule has 0 saturated heterocycles. The van der Waals surface area contributed by atoms with Crippen LogP contribution in [-0.4, -0.2) is 75.3 Å².